The Kier molecular flexibility index (Phi) is 4.92. The van der Waals surface area contributed by atoms with Gasteiger partial charge in [0.15, 0.2) is 11.5 Å². The summed E-state index contributed by atoms with van der Waals surface area (Å²) in [4.78, 5) is 26.7. The Morgan fingerprint density at radius 2 is 2.14 bits per heavy atom. The number of amides is 2. The Hall–Kier alpha value is -2.64. The third kappa shape index (κ3) is 3.72. The lowest BCUT2D eigenvalue weighted by Gasteiger charge is -2.04. The first-order chi connectivity index (χ1) is 10.5. The number of carbonyl (C=O) groups is 2. The Morgan fingerprint density at radius 1 is 1.36 bits per heavy atom. The predicted molar refractivity (Wildman–Crippen MR) is 81.6 cm³/mol. The van der Waals surface area contributed by atoms with Crippen molar-refractivity contribution in [1.29, 1.82) is 0 Å². The Morgan fingerprint density at radius 3 is 2.82 bits per heavy atom. The molecule has 0 aromatic carbocycles. The largest absolute Gasteiger partial charge is 0.453 e. The fourth-order valence-corrected chi connectivity index (χ4v) is 2.05. The van der Waals surface area contributed by atoms with E-state index < -0.39 is 6.09 Å². The summed E-state index contributed by atoms with van der Waals surface area (Å²) >= 11 is 0. The van der Waals surface area contributed by atoms with Crippen LogP contribution in [0, 0.1) is 6.92 Å². The van der Waals surface area contributed by atoms with Gasteiger partial charge in [-0.15, -0.1) is 0 Å². The van der Waals surface area contributed by atoms with Crippen molar-refractivity contribution >= 4 is 28.9 Å². The summed E-state index contributed by atoms with van der Waals surface area (Å²) in [6, 6.07) is 3.76. The fraction of sp³-hybridized carbons (Fsp3) is 0.429. The molecule has 2 rings (SSSR count). The van der Waals surface area contributed by atoms with Gasteiger partial charge in [-0.3, -0.25) is 4.79 Å². The Balaban J connectivity index is 2.16. The van der Waals surface area contributed by atoms with Crippen molar-refractivity contribution in [2.45, 2.75) is 26.8 Å². The molecule has 2 aromatic heterocycles. The summed E-state index contributed by atoms with van der Waals surface area (Å²) in [6.45, 7) is 4.37. The van der Waals surface area contributed by atoms with Crippen LogP contribution in [-0.4, -0.2) is 40.4 Å². The van der Waals surface area contributed by atoms with E-state index in [0.717, 1.165) is 11.1 Å². The second-order valence-corrected chi connectivity index (χ2v) is 4.85. The maximum atomic E-state index is 11.3. The molecule has 2 N–H and O–H groups in total. The van der Waals surface area contributed by atoms with E-state index in [0.29, 0.717) is 31.0 Å². The van der Waals surface area contributed by atoms with Crippen LogP contribution in [-0.2, 0) is 16.1 Å². The molecule has 8 heteroatoms. The van der Waals surface area contributed by atoms with Crippen LogP contribution in [0.15, 0.2) is 12.1 Å². The van der Waals surface area contributed by atoms with Gasteiger partial charge in [0.2, 0.25) is 5.91 Å². The van der Waals surface area contributed by atoms with Gasteiger partial charge in [-0.05, 0) is 25.5 Å². The van der Waals surface area contributed by atoms with Crippen LogP contribution in [0.3, 0.4) is 0 Å². The summed E-state index contributed by atoms with van der Waals surface area (Å²) in [6.07, 6.45) is 0.208. The number of hydrogen-bond donors (Lipinski definition) is 2. The number of methoxy groups -OCH3 is 1. The van der Waals surface area contributed by atoms with Crippen LogP contribution >= 0.6 is 0 Å². The van der Waals surface area contributed by atoms with Crippen molar-refractivity contribution in [3.05, 3.63) is 17.8 Å². The molecular weight excluding hydrogens is 286 g/mol. The van der Waals surface area contributed by atoms with Crippen LogP contribution in [0.5, 0.6) is 0 Å². The number of hydrogen-bond acceptors (Lipinski definition) is 5. The highest BCUT2D eigenvalue weighted by molar-refractivity contribution is 5.97. The van der Waals surface area contributed by atoms with Crippen LogP contribution in [0.2, 0.25) is 0 Å². The minimum absolute atomic E-state index is 0.181. The summed E-state index contributed by atoms with van der Waals surface area (Å²) in [7, 11) is 1.32. The van der Waals surface area contributed by atoms with E-state index in [-0.39, 0.29) is 5.91 Å². The normalized spacial score (nSPS) is 10.5. The monoisotopic (exact) mass is 305 g/mol. The van der Waals surface area contributed by atoms with Crippen LogP contribution in [0.25, 0.3) is 11.0 Å². The molecule has 22 heavy (non-hydrogen) atoms. The molecule has 0 radical (unpaired) electrons. The molecule has 2 aromatic rings. The second kappa shape index (κ2) is 6.88. The third-order valence-electron chi connectivity index (χ3n) is 3.03. The summed E-state index contributed by atoms with van der Waals surface area (Å²) in [5, 5.41) is 10.5. The van der Waals surface area contributed by atoms with Crippen molar-refractivity contribution in [3.8, 4) is 0 Å². The molecule has 0 saturated carbocycles. The summed E-state index contributed by atoms with van der Waals surface area (Å²) in [5.41, 5.74) is 1.58. The molecule has 0 aliphatic rings. The van der Waals surface area contributed by atoms with Gasteiger partial charge in [0, 0.05) is 25.7 Å². The van der Waals surface area contributed by atoms with Gasteiger partial charge >= 0.3 is 6.09 Å². The SMILES string of the molecule is COC(=O)NCCCn1nc(NC(C)=O)c2ccc(C)nc21. The molecule has 0 saturated heterocycles. The number of carbonyl (C=O) groups excluding carboxylic acids is 2. The van der Waals surface area contributed by atoms with Gasteiger partial charge in [-0.2, -0.15) is 5.10 Å². The van der Waals surface area contributed by atoms with E-state index in [4.69, 9.17) is 0 Å². The number of nitrogens with one attached hydrogen (secondary N) is 2. The molecule has 0 spiro atoms. The molecule has 0 atom stereocenters. The minimum Gasteiger partial charge on any atom is -0.453 e. The number of aromatic nitrogens is 3. The van der Waals surface area contributed by atoms with Crippen molar-refractivity contribution in [2.24, 2.45) is 0 Å². The van der Waals surface area contributed by atoms with Gasteiger partial charge in [-0.1, -0.05) is 0 Å². The summed E-state index contributed by atoms with van der Waals surface area (Å²) < 4.78 is 6.23. The van der Waals surface area contributed by atoms with Crippen LogP contribution in [0.4, 0.5) is 10.6 Å². The molecule has 0 fully saturated rings. The average molecular weight is 305 g/mol. The fourth-order valence-electron chi connectivity index (χ4n) is 2.05. The standard InChI is InChI=1S/C14H19N5O3/c1-9-5-6-11-12(17-10(2)20)18-19(13(11)16-9)8-4-7-15-14(21)22-3/h5-6H,4,7-8H2,1-3H3,(H,15,21)(H,17,18,20). The van der Waals surface area contributed by atoms with E-state index in [2.05, 4.69) is 25.5 Å². The molecule has 8 nitrogen and oxygen atoms in total. The van der Waals surface area contributed by atoms with Crippen molar-refractivity contribution < 1.29 is 14.3 Å². The maximum absolute atomic E-state index is 11.3. The molecule has 118 valence electrons. The highest BCUT2D eigenvalue weighted by Gasteiger charge is 2.12. The number of ether oxygens (including phenoxy) is 1. The van der Waals surface area contributed by atoms with E-state index in [1.165, 1.54) is 14.0 Å². The maximum Gasteiger partial charge on any atom is 0.406 e. The number of rotatable bonds is 5. The first kappa shape index (κ1) is 15.7. The van der Waals surface area contributed by atoms with Crippen LogP contribution in [0.1, 0.15) is 19.0 Å². The highest BCUT2D eigenvalue weighted by Crippen LogP contribution is 2.22. The van der Waals surface area contributed by atoms with Gasteiger partial charge in [0.05, 0.1) is 12.5 Å². The number of nitrogens with zero attached hydrogens (tertiary/aromatic N) is 3. The first-order valence-electron chi connectivity index (χ1n) is 6.95. The molecule has 0 aliphatic carbocycles. The Bertz CT molecular complexity index is 695. The number of fused-ring (bicyclic) bond motifs is 1. The zero-order chi connectivity index (χ0) is 16.1. The van der Waals surface area contributed by atoms with Gasteiger partial charge in [0.1, 0.15) is 0 Å². The zero-order valence-corrected chi connectivity index (χ0v) is 12.8. The Labute approximate surface area is 127 Å². The molecule has 2 heterocycles. The second-order valence-electron chi connectivity index (χ2n) is 4.85. The average Bonchev–Trinajstić information content (AvgIpc) is 2.80. The van der Waals surface area contributed by atoms with Crippen molar-refractivity contribution in [3.63, 3.8) is 0 Å². The van der Waals surface area contributed by atoms with Gasteiger partial charge in [-0.25, -0.2) is 14.5 Å². The van der Waals surface area contributed by atoms with Crippen molar-refractivity contribution in [2.75, 3.05) is 19.0 Å². The molecule has 0 unspecified atom stereocenters. The highest BCUT2D eigenvalue weighted by atomic mass is 16.5. The topological polar surface area (TPSA) is 98.1 Å². The number of anilines is 1. The lowest BCUT2D eigenvalue weighted by Crippen LogP contribution is -2.25. The van der Waals surface area contributed by atoms with Gasteiger partial charge in [0.25, 0.3) is 0 Å². The third-order valence-corrected chi connectivity index (χ3v) is 3.03. The minimum atomic E-state index is -0.460. The lowest BCUT2D eigenvalue weighted by molar-refractivity contribution is -0.114. The van der Waals surface area contributed by atoms with Crippen LogP contribution < -0.4 is 10.6 Å². The zero-order valence-electron chi connectivity index (χ0n) is 12.8. The lowest BCUT2D eigenvalue weighted by atomic mass is 10.3. The van der Waals surface area contributed by atoms with Crippen molar-refractivity contribution in [1.82, 2.24) is 20.1 Å². The van der Waals surface area contributed by atoms with E-state index in [9.17, 15) is 9.59 Å². The molecule has 2 amide bonds. The van der Waals surface area contributed by atoms with E-state index in [1.54, 1.807) is 4.68 Å². The molecule has 0 bridgehead atoms. The number of pyridine rings is 1. The van der Waals surface area contributed by atoms with E-state index >= 15 is 0 Å². The predicted octanol–water partition coefficient (Wildman–Crippen LogP) is 1.44. The van der Waals surface area contributed by atoms with Gasteiger partial charge < -0.3 is 15.4 Å². The van der Waals surface area contributed by atoms with E-state index in [1.807, 2.05) is 19.1 Å². The molecule has 0 aliphatic heterocycles. The summed E-state index contributed by atoms with van der Waals surface area (Å²) in [5.74, 6) is 0.315. The molecular formula is C14H19N5O3. The smallest absolute Gasteiger partial charge is 0.406 e. The first-order valence-corrected chi connectivity index (χ1v) is 6.95. The number of aryl methyl sites for hydroxylation is 2. The number of alkyl carbamates (subject to hydrolysis) is 1. The quantitative estimate of drug-likeness (QED) is 0.815.